The average molecular weight is 430 g/mol. The van der Waals surface area contributed by atoms with E-state index < -0.39 is 18.2 Å². The molecule has 0 aliphatic carbocycles. The van der Waals surface area contributed by atoms with Crippen molar-refractivity contribution in [2.75, 3.05) is 17.4 Å². The van der Waals surface area contributed by atoms with E-state index in [2.05, 4.69) is 15.1 Å². The standard InChI is InChI=1S/C18H21F3N4O3S/c1-11(2)24(4)9-14-10-29-17(23-14)25(28-15(26)18(19,20)21)16(27)22-13-7-5-12(3)6-8-13/h5-8,10-11H,9H2,1-4H3,(H,22,27). The lowest BCUT2D eigenvalue weighted by Crippen LogP contribution is -2.41. The zero-order valence-corrected chi connectivity index (χ0v) is 17.1. The number of carbonyl (C=O) groups is 2. The van der Waals surface area contributed by atoms with Crippen molar-refractivity contribution in [3.05, 3.63) is 40.9 Å². The van der Waals surface area contributed by atoms with Crippen molar-refractivity contribution < 1.29 is 27.6 Å². The number of hydrogen-bond acceptors (Lipinski definition) is 6. The van der Waals surface area contributed by atoms with Gasteiger partial charge in [0.25, 0.3) is 0 Å². The molecule has 11 heteroatoms. The number of aromatic nitrogens is 1. The second kappa shape index (κ2) is 9.23. The number of rotatable bonds is 5. The third-order valence-corrected chi connectivity index (χ3v) is 4.76. The van der Waals surface area contributed by atoms with E-state index in [4.69, 9.17) is 0 Å². The van der Waals surface area contributed by atoms with Crippen molar-refractivity contribution in [1.82, 2.24) is 9.88 Å². The van der Waals surface area contributed by atoms with Gasteiger partial charge in [0.05, 0.1) is 5.69 Å². The molecule has 0 saturated carbocycles. The molecule has 2 amide bonds. The van der Waals surface area contributed by atoms with Gasteiger partial charge in [0.1, 0.15) is 0 Å². The maximum Gasteiger partial charge on any atom is 0.493 e. The molecule has 0 radical (unpaired) electrons. The molecule has 158 valence electrons. The van der Waals surface area contributed by atoms with Crippen LogP contribution in [-0.2, 0) is 16.2 Å². The molecule has 0 fully saturated rings. The van der Waals surface area contributed by atoms with Gasteiger partial charge < -0.3 is 10.2 Å². The zero-order chi connectivity index (χ0) is 21.8. The van der Waals surface area contributed by atoms with Crippen LogP contribution in [0.15, 0.2) is 29.6 Å². The molecule has 1 aromatic heterocycles. The molecular weight excluding hydrogens is 409 g/mol. The number of hydroxylamine groups is 1. The van der Waals surface area contributed by atoms with Crippen molar-refractivity contribution in [2.45, 2.75) is 39.5 Å². The number of alkyl halides is 3. The zero-order valence-electron chi connectivity index (χ0n) is 16.3. The average Bonchev–Trinajstić information content (AvgIpc) is 3.08. The number of anilines is 2. The van der Waals surface area contributed by atoms with Crippen molar-refractivity contribution in [1.29, 1.82) is 0 Å². The van der Waals surface area contributed by atoms with Gasteiger partial charge in [-0.25, -0.2) is 14.6 Å². The Balaban J connectivity index is 2.25. The molecule has 0 saturated heterocycles. The van der Waals surface area contributed by atoms with E-state index in [1.165, 1.54) is 0 Å². The van der Waals surface area contributed by atoms with Gasteiger partial charge in [-0.3, -0.25) is 4.90 Å². The van der Waals surface area contributed by atoms with Gasteiger partial charge in [0.15, 0.2) is 0 Å². The van der Waals surface area contributed by atoms with Crippen LogP contribution in [0.25, 0.3) is 0 Å². The Morgan fingerprint density at radius 2 is 1.86 bits per heavy atom. The highest BCUT2D eigenvalue weighted by Gasteiger charge is 2.44. The summed E-state index contributed by atoms with van der Waals surface area (Å²) in [7, 11) is 1.86. The Bertz CT molecular complexity index is 853. The number of hydrogen-bond donors (Lipinski definition) is 1. The molecular formula is C18H21F3N4O3S. The summed E-state index contributed by atoms with van der Waals surface area (Å²) in [5.74, 6) is -2.52. The first-order valence-corrected chi connectivity index (χ1v) is 9.47. The monoisotopic (exact) mass is 430 g/mol. The number of benzene rings is 1. The van der Waals surface area contributed by atoms with Crippen LogP contribution in [0.5, 0.6) is 0 Å². The molecule has 0 aliphatic heterocycles. The summed E-state index contributed by atoms with van der Waals surface area (Å²) < 4.78 is 38.0. The lowest BCUT2D eigenvalue weighted by Gasteiger charge is -2.20. The lowest BCUT2D eigenvalue weighted by atomic mass is 10.2. The van der Waals surface area contributed by atoms with Crippen molar-refractivity contribution in [2.24, 2.45) is 0 Å². The normalized spacial score (nSPS) is 11.6. The minimum absolute atomic E-state index is 0.195. The molecule has 0 aliphatic rings. The Kier molecular flexibility index (Phi) is 7.20. The number of nitrogens with zero attached hydrogens (tertiary/aromatic N) is 3. The maximum atomic E-state index is 12.7. The van der Waals surface area contributed by atoms with Crippen LogP contribution < -0.4 is 10.4 Å². The summed E-state index contributed by atoms with van der Waals surface area (Å²) in [4.78, 5) is 34.3. The number of halogens is 3. The van der Waals surface area contributed by atoms with Crippen LogP contribution in [0.4, 0.5) is 28.8 Å². The summed E-state index contributed by atoms with van der Waals surface area (Å²) in [6.45, 7) is 6.20. The highest BCUT2D eigenvalue weighted by molar-refractivity contribution is 7.13. The maximum absolute atomic E-state index is 12.7. The molecule has 0 spiro atoms. The first-order valence-electron chi connectivity index (χ1n) is 8.59. The van der Waals surface area contributed by atoms with Crippen LogP contribution >= 0.6 is 11.3 Å². The summed E-state index contributed by atoms with van der Waals surface area (Å²) in [5, 5.41) is 4.00. The van der Waals surface area contributed by atoms with Crippen LogP contribution in [0.1, 0.15) is 25.1 Å². The van der Waals surface area contributed by atoms with Gasteiger partial charge in [-0.2, -0.15) is 13.2 Å². The van der Waals surface area contributed by atoms with E-state index in [0.29, 0.717) is 17.9 Å². The largest absolute Gasteiger partial charge is 0.493 e. The first kappa shape index (κ1) is 22.6. The van der Waals surface area contributed by atoms with Crippen LogP contribution in [0.2, 0.25) is 0 Å². The van der Waals surface area contributed by atoms with Gasteiger partial charge in [0, 0.05) is 23.7 Å². The number of nitrogens with one attached hydrogen (secondary N) is 1. The molecule has 1 N–H and O–H groups in total. The SMILES string of the molecule is Cc1ccc(NC(=O)N(OC(=O)C(F)(F)F)c2nc(CN(C)C(C)C)cs2)cc1. The second-order valence-corrected chi connectivity index (χ2v) is 7.43. The van der Waals surface area contributed by atoms with Crippen LogP contribution in [-0.4, -0.2) is 41.2 Å². The molecule has 0 bridgehead atoms. The molecule has 2 aromatic rings. The summed E-state index contributed by atoms with van der Waals surface area (Å²) >= 11 is 0.888. The minimum atomic E-state index is -5.26. The van der Waals surface area contributed by atoms with E-state index in [1.54, 1.807) is 29.6 Å². The number of thiazole rings is 1. The number of carbonyl (C=O) groups excluding carboxylic acids is 2. The van der Waals surface area contributed by atoms with Gasteiger partial charge in [0.2, 0.25) is 5.13 Å². The quantitative estimate of drug-likeness (QED) is 0.714. The fourth-order valence-corrected chi connectivity index (χ4v) is 2.77. The Labute approximate surface area is 170 Å². The summed E-state index contributed by atoms with van der Waals surface area (Å²) in [5.41, 5.74) is 1.78. The Morgan fingerprint density at radius 3 is 2.41 bits per heavy atom. The third kappa shape index (κ3) is 6.43. The number of aryl methyl sites for hydroxylation is 1. The Morgan fingerprint density at radius 1 is 1.24 bits per heavy atom. The highest BCUT2D eigenvalue weighted by Crippen LogP contribution is 2.26. The van der Waals surface area contributed by atoms with Crippen molar-refractivity contribution in [3.8, 4) is 0 Å². The van der Waals surface area contributed by atoms with Gasteiger partial charge in [-0.05, 0) is 40.0 Å². The van der Waals surface area contributed by atoms with Crippen LogP contribution in [0.3, 0.4) is 0 Å². The van der Waals surface area contributed by atoms with Gasteiger partial charge in [-0.15, -0.1) is 11.3 Å². The van der Waals surface area contributed by atoms with Gasteiger partial charge >= 0.3 is 18.2 Å². The fourth-order valence-electron chi connectivity index (χ4n) is 2.01. The lowest BCUT2D eigenvalue weighted by molar-refractivity contribution is -0.199. The molecule has 0 atom stereocenters. The minimum Gasteiger partial charge on any atom is -0.320 e. The van der Waals surface area contributed by atoms with E-state index >= 15 is 0 Å². The molecule has 1 aromatic carbocycles. The molecule has 29 heavy (non-hydrogen) atoms. The van der Waals surface area contributed by atoms with E-state index in [0.717, 1.165) is 16.9 Å². The smallest absolute Gasteiger partial charge is 0.320 e. The molecule has 1 heterocycles. The van der Waals surface area contributed by atoms with Crippen molar-refractivity contribution in [3.63, 3.8) is 0 Å². The topological polar surface area (TPSA) is 74.8 Å². The molecule has 0 unspecified atom stereocenters. The third-order valence-electron chi connectivity index (χ3n) is 3.90. The highest BCUT2D eigenvalue weighted by atomic mass is 32.1. The predicted molar refractivity (Wildman–Crippen MR) is 104 cm³/mol. The first-order chi connectivity index (χ1) is 13.5. The number of amides is 2. The van der Waals surface area contributed by atoms with Gasteiger partial charge in [-0.1, -0.05) is 22.8 Å². The second-order valence-electron chi connectivity index (χ2n) is 6.60. The summed E-state index contributed by atoms with van der Waals surface area (Å²) in [6.07, 6.45) is -5.26. The number of urea groups is 1. The predicted octanol–water partition coefficient (Wildman–Crippen LogP) is 4.35. The molecule has 2 rings (SSSR count). The van der Waals surface area contributed by atoms with E-state index in [1.807, 2.05) is 32.7 Å². The summed E-state index contributed by atoms with van der Waals surface area (Å²) in [6, 6.07) is 5.70. The fraction of sp³-hybridized carbons (Fsp3) is 0.389. The Hall–Kier alpha value is -2.66. The van der Waals surface area contributed by atoms with E-state index in [9.17, 15) is 22.8 Å². The van der Waals surface area contributed by atoms with Crippen LogP contribution in [0, 0.1) is 6.92 Å². The molecule has 7 nitrogen and oxygen atoms in total. The van der Waals surface area contributed by atoms with E-state index in [-0.39, 0.29) is 16.2 Å². The van der Waals surface area contributed by atoms with Crippen molar-refractivity contribution >= 4 is 34.2 Å².